The second-order valence-corrected chi connectivity index (χ2v) is 5.43. The molecule has 0 aliphatic heterocycles. The van der Waals surface area contributed by atoms with Gasteiger partial charge in [0.25, 0.3) is 0 Å². The first-order valence-electron chi connectivity index (χ1n) is 6.14. The van der Waals surface area contributed by atoms with Crippen LogP contribution in [-0.2, 0) is 12.6 Å². The van der Waals surface area contributed by atoms with Crippen molar-refractivity contribution >= 4 is 23.2 Å². The molecule has 0 saturated heterocycles. The normalized spacial score (nSPS) is 13.2. The van der Waals surface area contributed by atoms with Crippen molar-refractivity contribution in [3.8, 4) is 0 Å². The summed E-state index contributed by atoms with van der Waals surface area (Å²) in [6, 6.07) is 9.62. The molecule has 0 amide bonds. The minimum absolute atomic E-state index is 0.373. The van der Waals surface area contributed by atoms with E-state index in [-0.39, 0.29) is 0 Å². The first-order chi connectivity index (χ1) is 9.79. The van der Waals surface area contributed by atoms with E-state index < -0.39 is 17.8 Å². The van der Waals surface area contributed by atoms with Crippen LogP contribution >= 0.6 is 23.2 Å². The molecule has 0 aliphatic rings. The number of rotatable bonds is 3. The van der Waals surface area contributed by atoms with E-state index >= 15 is 0 Å². The van der Waals surface area contributed by atoms with Crippen LogP contribution in [0.3, 0.4) is 0 Å². The maximum atomic E-state index is 12.5. The van der Waals surface area contributed by atoms with Crippen molar-refractivity contribution in [1.29, 1.82) is 0 Å². The minimum atomic E-state index is -4.34. The molecule has 0 fully saturated rings. The molecule has 0 heterocycles. The smallest absolute Gasteiger partial charge is 0.324 e. The van der Waals surface area contributed by atoms with Gasteiger partial charge in [0, 0.05) is 6.04 Å². The molecule has 2 aromatic carbocycles. The Labute approximate surface area is 130 Å². The molecule has 0 aliphatic carbocycles. The van der Waals surface area contributed by atoms with Crippen LogP contribution in [0.5, 0.6) is 0 Å². The number of benzene rings is 2. The standard InChI is InChI=1S/C15H12Cl2F3N/c16-12-3-1-2-11(14(12)17)13(21)8-9-4-6-10(7-5-9)15(18,19)20/h1-7,13H,8,21H2. The van der Waals surface area contributed by atoms with Crippen molar-refractivity contribution in [2.45, 2.75) is 18.6 Å². The number of alkyl halides is 3. The predicted molar refractivity (Wildman–Crippen MR) is 78.5 cm³/mol. The Morgan fingerprint density at radius 1 is 1.00 bits per heavy atom. The minimum Gasteiger partial charge on any atom is -0.324 e. The van der Waals surface area contributed by atoms with Gasteiger partial charge in [0.05, 0.1) is 15.6 Å². The summed E-state index contributed by atoms with van der Waals surface area (Å²) in [5, 5.41) is 0.774. The van der Waals surface area contributed by atoms with E-state index in [1.807, 2.05) is 0 Å². The van der Waals surface area contributed by atoms with Crippen molar-refractivity contribution in [1.82, 2.24) is 0 Å². The molecule has 1 unspecified atom stereocenters. The Balaban J connectivity index is 2.16. The zero-order valence-electron chi connectivity index (χ0n) is 10.8. The van der Waals surface area contributed by atoms with Gasteiger partial charge < -0.3 is 5.73 Å². The van der Waals surface area contributed by atoms with Crippen LogP contribution in [0.25, 0.3) is 0 Å². The van der Waals surface area contributed by atoms with Crippen molar-refractivity contribution in [3.63, 3.8) is 0 Å². The monoisotopic (exact) mass is 333 g/mol. The van der Waals surface area contributed by atoms with E-state index in [2.05, 4.69) is 0 Å². The predicted octanol–water partition coefficient (Wildman–Crippen LogP) is 5.25. The molecule has 0 radical (unpaired) electrons. The Morgan fingerprint density at radius 2 is 1.62 bits per heavy atom. The highest BCUT2D eigenvalue weighted by Gasteiger charge is 2.30. The van der Waals surface area contributed by atoms with Gasteiger partial charge in [0.15, 0.2) is 0 Å². The van der Waals surface area contributed by atoms with Crippen molar-refractivity contribution in [2.75, 3.05) is 0 Å². The van der Waals surface area contributed by atoms with Crippen molar-refractivity contribution in [3.05, 3.63) is 69.2 Å². The van der Waals surface area contributed by atoms with Crippen LogP contribution in [-0.4, -0.2) is 0 Å². The van der Waals surface area contributed by atoms with Gasteiger partial charge in [-0.25, -0.2) is 0 Å². The van der Waals surface area contributed by atoms with Crippen LogP contribution in [0, 0.1) is 0 Å². The Hall–Kier alpha value is -1.23. The number of nitrogens with two attached hydrogens (primary N) is 1. The van der Waals surface area contributed by atoms with E-state index in [4.69, 9.17) is 28.9 Å². The lowest BCUT2D eigenvalue weighted by Gasteiger charge is -2.15. The highest BCUT2D eigenvalue weighted by atomic mass is 35.5. The van der Waals surface area contributed by atoms with E-state index in [9.17, 15) is 13.2 Å². The lowest BCUT2D eigenvalue weighted by molar-refractivity contribution is -0.137. The van der Waals surface area contributed by atoms with Gasteiger partial charge in [-0.1, -0.05) is 47.5 Å². The van der Waals surface area contributed by atoms with Gasteiger partial charge in [0.1, 0.15) is 0 Å². The SMILES string of the molecule is NC(Cc1ccc(C(F)(F)F)cc1)c1cccc(Cl)c1Cl. The summed E-state index contributed by atoms with van der Waals surface area (Å²) < 4.78 is 37.5. The summed E-state index contributed by atoms with van der Waals surface area (Å²) in [7, 11) is 0. The number of hydrogen-bond donors (Lipinski definition) is 1. The summed E-state index contributed by atoms with van der Waals surface area (Å²) in [5.41, 5.74) is 6.75. The molecule has 21 heavy (non-hydrogen) atoms. The van der Waals surface area contributed by atoms with Gasteiger partial charge in [-0.2, -0.15) is 13.2 Å². The molecule has 2 aromatic rings. The van der Waals surface area contributed by atoms with Crippen molar-refractivity contribution < 1.29 is 13.2 Å². The van der Waals surface area contributed by atoms with Crippen LogP contribution < -0.4 is 5.73 Å². The third kappa shape index (κ3) is 3.90. The average Bonchev–Trinajstić information content (AvgIpc) is 2.41. The van der Waals surface area contributed by atoms with Crippen LogP contribution in [0.2, 0.25) is 10.0 Å². The first kappa shape index (κ1) is 16.1. The van der Waals surface area contributed by atoms with E-state index in [0.717, 1.165) is 12.1 Å². The number of hydrogen-bond acceptors (Lipinski definition) is 1. The Kier molecular flexibility index (Phi) is 4.81. The van der Waals surface area contributed by atoms with E-state index in [1.165, 1.54) is 12.1 Å². The lowest BCUT2D eigenvalue weighted by atomic mass is 9.99. The van der Waals surface area contributed by atoms with E-state index in [1.54, 1.807) is 18.2 Å². The molecule has 1 atom stereocenters. The van der Waals surface area contributed by atoms with Crippen molar-refractivity contribution in [2.24, 2.45) is 5.73 Å². The molecule has 0 saturated carbocycles. The Morgan fingerprint density at radius 3 is 2.19 bits per heavy atom. The molecular weight excluding hydrogens is 322 g/mol. The molecule has 0 aromatic heterocycles. The van der Waals surface area contributed by atoms with Gasteiger partial charge in [0.2, 0.25) is 0 Å². The third-order valence-electron chi connectivity index (χ3n) is 3.12. The first-order valence-corrected chi connectivity index (χ1v) is 6.90. The van der Waals surface area contributed by atoms with Gasteiger partial charge in [-0.15, -0.1) is 0 Å². The summed E-state index contributed by atoms with van der Waals surface area (Å²) in [6.07, 6.45) is -3.96. The second-order valence-electron chi connectivity index (χ2n) is 4.65. The van der Waals surface area contributed by atoms with E-state index in [0.29, 0.717) is 27.6 Å². The van der Waals surface area contributed by atoms with Gasteiger partial charge in [-0.05, 0) is 35.7 Å². The topological polar surface area (TPSA) is 26.0 Å². The fourth-order valence-corrected chi connectivity index (χ4v) is 2.45. The molecule has 6 heteroatoms. The summed E-state index contributed by atoms with van der Waals surface area (Å²) in [6.45, 7) is 0. The average molecular weight is 334 g/mol. The molecular formula is C15H12Cl2F3N. The largest absolute Gasteiger partial charge is 0.416 e. The molecule has 0 bridgehead atoms. The fourth-order valence-electron chi connectivity index (χ4n) is 2.00. The molecule has 112 valence electrons. The summed E-state index contributed by atoms with van der Waals surface area (Å²) in [5.74, 6) is 0. The molecule has 2 rings (SSSR count). The van der Waals surface area contributed by atoms with Gasteiger partial charge in [-0.3, -0.25) is 0 Å². The quantitative estimate of drug-likeness (QED) is 0.815. The Bertz CT molecular complexity index is 624. The highest BCUT2D eigenvalue weighted by Crippen LogP contribution is 2.32. The lowest BCUT2D eigenvalue weighted by Crippen LogP contribution is -2.14. The van der Waals surface area contributed by atoms with Crippen LogP contribution in [0.4, 0.5) is 13.2 Å². The fraction of sp³-hybridized carbons (Fsp3) is 0.200. The zero-order chi connectivity index (χ0) is 15.6. The zero-order valence-corrected chi connectivity index (χ0v) is 12.3. The maximum absolute atomic E-state index is 12.5. The summed E-state index contributed by atoms with van der Waals surface area (Å²) >= 11 is 12.0. The third-order valence-corrected chi connectivity index (χ3v) is 3.95. The van der Waals surface area contributed by atoms with Gasteiger partial charge >= 0.3 is 6.18 Å². The summed E-state index contributed by atoms with van der Waals surface area (Å²) in [4.78, 5) is 0. The second kappa shape index (κ2) is 6.26. The maximum Gasteiger partial charge on any atom is 0.416 e. The molecule has 2 N–H and O–H groups in total. The highest BCUT2D eigenvalue weighted by molar-refractivity contribution is 6.42. The molecule has 0 spiro atoms. The molecule has 1 nitrogen and oxygen atoms in total. The number of halogens is 5. The van der Waals surface area contributed by atoms with Crippen LogP contribution in [0.1, 0.15) is 22.7 Å². The van der Waals surface area contributed by atoms with Crippen LogP contribution in [0.15, 0.2) is 42.5 Å².